The van der Waals surface area contributed by atoms with Gasteiger partial charge in [0.1, 0.15) is 6.17 Å². The van der Waals surface area contributed by atoms with Gasteiger partial charge >= 0.3 is 18.1 Å². The Morgan fingerprint density at radius 3 is 2.16 bits per heavy atom. The molecule has 0 radical (unpaired) electrons. The van der Waals surface area contributed by atoms with Crippen LogP contribution in [0, 0.1) is 0 Å². The zero-order chi connectivity index (χ0) is 15.1. The summed E-state index contributed by atoms with van der Waals surface area (Å²) < 4.78 is 44.5. The molecule has 0 aromatic carbocycles. The number of carboxylic acid groups (broad SMARTS) is 2. The van der Waals surface area contributed by atoms with Gasteiger partial charge in [0.2, 0.25) is 0 Å². The molecule has 2 N–H and O–H groups in total. The zero-order valence-corrected chi connectivity index (χ0v) is 9.99. The van der Waals surface area contributed by atoms with E-state index in [0.29, 0.717) is 19.5 Å². The zero-order valence-electron chi connectivity index (χ0n) is 9.99. The van der Waals surface area contributed by atoms with E-state index in [1.165, 1.54) is 0 Å². The molecular formula is C10H15F4NO4. The van der Waals surface area contributed by atoms with Crippen LogP contribution in [0.1, 0.15) is 19.3 Å². The van der Waals surface area contributed by atoms with Gasteiger partial charge in [-0.3, -0.25) is 9.69 Å². The van der Waals surface area contributed by atoms with E-state index >= 15 is 0 Å². The Labute approximate surface area is 106 Å². The van der Waals surface area contributed by atoms with Crippen molar-refractivity contribution in [3.05, 3.63) is 0 Å². The van der Waals surface area contributed by atoms with Crippen molar-refractivity contribution in [1.29, 1.82) is 0 Å². The number of halogens is 4. The Kier molecular flexibility index (Phi) is 7.35. The van der Waals surface area contributed by atoms with Gasteiger partial charge in [0.05, 0.1) is 6.42 Å². The van der Waals surface area contributed by atoms with Gasteiger partial charge in [0, 0.05) is 13.1 Å². The van der Waals surface area contributed by atoms with E-state index in [2.05, 4.69) is 0 Å². The molecule has 0 bridgehead atoms. The lowest BCUT2D eigenvalue weighted by Gasteiger charge is -2.28. The molecule has 1 fully saturated rings. The highest BCUT2D eigenvalue weighted by Crippen LogP contribution is 2.13. The van der Waals surface area contributed by atoms with Gasteiger partial charge < -0.3 is 10.2 Å². The fourth-order valence-corrected chi connectivity index (χ4v) is 1.46. The summed E-state index contributed by atoms with van der Waals surface area (Å²) in [7, 11) is 0. The molecule has 1 aliphatic heterocycles. The standard InChI is InChI=1S/C8H14FNO2.C2HF3O2/c9-7-2-1-4-10(6-7)5-3-8(11)12;3-2(4,5)1(6)7/h7H,1-6H2,(H,11,12);(H,6,7). The highest BCUT2D eigenvalue weighted by Gasteiger charge is 2.38. The number of hydrogen-bond acceptors (Lipinski definition) is 3. The van der Waals surface area contributed by atoms with Crippen LogP contribution in [0.5, 0.6) is 0 Å². The van der Waals surface area contributed by atoms with Gasteiger partial charge in [-0.2, -0.15) is 13.2 Å². The van der Waals surface area contributed by atoms with Crippen molar-refractivity contribution in [2.75, 3.05) is 19.6 Å². The van der Waals surface area contributed by atoms with Crippen LogP contribution in [-0.2, 0) is 9.59 Å². The van der Waals surface area contributed by atoms with Crippen LogP contribution in [0.4, 0.5) is 17.6 Å². The topological polar surface area (TPSA) is 77.8 Å². The normalized spacial score (nSPS) is 20.3. The van der Waals surface area contributed by atoms with E-state index in [9.17, 15) is 22.4 Å². The number of aliphatic carboxylic acids is 2. The number of nitrogens with zero attached hydrogens (tertiary/aromatic N) is 1. The average Bonchev–Trinajstić information content (AvgIpc) is 2.26. The van der Waals surface area contributed by atoms with Gasteiger partial charge in [-0.15, -0.1) is 0 Å². The van der Waals surface area contributed by atoms with Crippen LogP contribution in [0.25, 0.3) is 0 Å². The van der Waals surface area contributed by atoms with Crippen LogP contribution in [0.3, 0.4) is 0 Å². The first-order chi connectivity index (χ1) is 8.62. The molecule has 112 valence electrons. The minimum atomic E-state index is -5.08. The number of hydrogen-bond donors (Lipinski definition) is 2. The number of carbonyl (C=O) groups is 2. The second-order valence-corrected chi connectivity index (χ2v) is 3.99. The summed E-state index contributed by atoms with van der Waals surface area (Å²) >= 11 is 0. The maximum absolute atomic E-state index is 12.8. The average molecular weight is 289 g/mol. The number of rotatable bonds is 3. The number of alkyl halides is 4. The predicted molar refractivity (Wildman–Crippen MR) is 56.5 cm³/mol. The highest BCUT2D eigenvalue weighted by molar-refractivity contribution is 5.73. The molecule has 0 aromatic rings. The summed E-state index contributed by atoms with van der Waals surface area (Å²) in [4.78, 5) is 21.0. The molecule has 1 atom stereocenters. The SMILES string of the molecule is O=C(O)C(F)(F)F.O=C(O)CCN1CCCC(F)C1. The Morgan fingerprint density at radius 2 is 1.79 bits per heavy atom. The molecule has 0 spiro atoms. The first-order valence-corrected chi connectivity index (χ1v) is 5.51. The fourth-order valence-electron chi connectivity index (χ4n) is 1.46. The minimum Gasteiger partial charge on any atom is -0.481 e. The lowest BCUT2D eigenvalue weighted by molar-refractivity contribution is -0.192. The molecule has 19 heavy (non-hydrogen) atoms. The molecule has 0 saturated carbocycles. The third-order valence-electron chi connectivity index (χ3n) is 2.33. The second-order valence-electron chi connectivity index (χ2n) is 3.99. The van der Waals surface area contributed by atoms with Crippen molar-refractivity contribution >= 4 is 11.9 Å². The molecule has 1 rings (SSSR count). The van der Waals surface area contributed by atoms with Crippen LogP contribution in [0.15, 0.2) is 0 Å². The quantitative estimate of drug-likeness (QED) is 0.770. The summed E-state index contributed by atoms with van der Waals surface area (Å²) in [6, 6.07) is 0. The van der Waals surface area contributed by atoms with Crippen molar-refractivity contribution in [3.63, 3.8) is 0 Å². The van der Waals surface area contributed by atoms with Crippen molar-refractivity contribution in [2.45, 2.75) is 31.6 Å². The summed E-state index contributed by atoms with van der Waals surface area (Å²) in [6.45, 7) is 1.73. The molecular weight excluding hydrogens is 274 g/mol. The van der Waals surface area contributed by atoms with E-state index in [1.807, 2.05) is 4.90 Å². The molecule has 1 saturated heterocycles. The summed E-state index contributed by atoms with van der Waals surface area (Å²) in [6.07, 6.45) is -4.25. The van der Waals surface area contributed by atoms with Crippen molar-refractivity contribution in [3.8, 4) is 0 Å². The molecule has 0 amide bonds. The molecule has 0 aliphatic carbocycles. The van der Waals surface area contributed by atoms with Gasteiger partial charge in [-0.05, 0) is 19.4 Å². The molecule has 1 heterocycles. The smallest absolute Gasteiger partial charge is 0.481 e. The third-order valence-corrected chi connectivity index (χ3v) is 2.33. The largest absolute Gasteiger partial charge is 0.490 e. The lowest BCUT2D eigenvalue weighted by atomic mass is 10.1. The Morgan fingerprint density at radius 1 is 1.26 bits per heavy atom. The number of likely N-dealkylation sites (tertiary alicyclic amines) is 1. The monoisotopic (exact) mass is 289 g/mol. The van der Waals surface area contributed by atoms with Crippen molar-refractivity contribution in [1.82, 2.24) is 4.90 Å². The molecule has 1 aliphatic rings. The number of carboxylic acids is 2. The van der Waals surface area contributed by atoms with Gasteiger partial charge in [0.25, 0.3) is 0 Å². The van der Waals surface area contributed by atoms with E-state index < -0.39 is 24.3 Å². The molecule has 0 aromatic heterocycles. The molecule has 9 heteroatoms. The highest BCUT2D eigenvalue weighted by atomic mass is 19.4. The maximum Gasteiger partial charge on any atom is 0.490 e. The molecule has 5 nitrogen and oxygen atoms in total. The Hall–Kier alpha value is -1.38. The fraction of sp³-hybridized carbons (Fsp3) is 0.800. The summed E-state index contributed by atoms with van der Waals surface area (Å²) in [5.41, 5.74) is 0. The Balaban J connectivity index is 0.000000399. The van der Waals surface area contributed by atoms with Crippen LogP contribution >= 0.6 is 0 Å². The molecule has 1 unspecified atom stereocenters. The van der Waals surface area contributed by atoms with Crippen molar-refractivity contribution < 1.29 is 37.4 Å². The first kappa shape index (κ1) is 17.6. The third kappa shape index (κ3) is 9.23. The van der Waals surface area contributed by atoms with Gasteiger partial charge in [-0.1, -0.05) is 0 Å². The van der Waals surface area contributed by atoms with Gasteiger partial charge in [-0.25, -0.2) is 9.18 Å². The maximum atomic E-state index is 12.8. The lowest BCUT2D eigenvalue weighted by Crippen LogP contribution is -2.37. The van der Waals surface area contributed by atoms with Crippen LogP contribution in [0.2, 0.25) is 0 Å². The van der Waals surface area contributed by atoms with E-state index in [4.69, 9.17) is 15.0 Å². The summed E-state index contributed by atoms with van der Waals surface area (Å²) in [5, 5.41) is 15.5. The van der Waals surface area contributed by atoms with Crippen molar-refractivity contribution in [2.24, 2.45) is 0 Å². The number of piperidine rings is 1. The predicted octanol–water partition coefficient (Wildman–Crippen LogP) is 1.53. The van der Waals surface area contributed by atoms with E-state index in [0.717, 1.165) is 13.0 Å². The van der Waals surface area contributed by atoms with Crippen LogP contribution < -0.4 is 0 Å². The summed E-state index contributed by atoms with van der Waals surface area (Å²) in [5.74, 6) is -3.57. The van der Waals surface area contributed by atoms with E-state index in [-0.39, 0.29) is 6.42 Å². The van der Waals surface area contributed by atoms with Crippen LogP contribution in [-0.4, -0.2) is 59.0 Å². The second kappa shape index (κ2) is 7.93. The van der Waals surface area contributed by atoms with Gasteiger partial charge in [0.15, 0.2) is 0 Å². The van der Waals surface area contributed by atoms with E-state index in [1.54, 1.807) is 0 Å². The first-order valence-electron chi connectivity index (χ1n) is 5.51. The Bertz CT molecular complexity index is 308. The minimum absolute atomic E-state index is 0.118.